The molecule has 2 aliphatic rings. The van der Waals surface area contributed by atoms with Gasteiger partial charge in [0.05, 0.1) is 0 Å². The molecule has 0 nitrogen and oxygen atoms in total. The van der Waals surface area contributed by atoms with E-state index in [2.05, 4.69) is 166 Å². The maximum absolute atomic E-state index is 8.97. The minimum atomic E-state index is -5.11. The van der Waals surface area contributed by atoms with Gasteiger partial charge in [0, 0.05) is 0 Å². The molecule has 0 N–H and O–H groups in total. The van der Waals surface area contributed by atoms with Gasteiger partial charge >= 0.3 is 302 Å². The molecule has 2 atom stereocenters. The van der Waals surface area contributed by atoms with Gasteiger partial charge in [0.25, 0.3) is 0 Å². The summed E-state index contributed by atoms with van der Waals surface area (Å²) in [6.45, 7) is 23.5. The Kier molecular flexibility index (Phi) is 9.93. The molecule has 2 unspecified atom stereocenters. The average molecular weight is 772 g/mol. The molecule has 0 radical (unpaired) electrons. The Balaban J connectivity index is 1.75. The number of halogens is 2. The molecule has 48 heavy (non-hydrogen) atoms. The Hall–Kier alpha value is -1.96. The Morgan fingerprint density at radius 3 is 1.17 bits per heavy atom. The second-order valence-corrected chi connectivity index (χ2v) is 58.5. The van der Waals surface area contributed by atoms with Crippen LogP contribution in [0.5, 0.6) is 0 Å². The van der Waals surface area contributed by atoms with E-state index in [4.69, 9.17) is 17.0 Å². The van der Waals surface area contributed by atoms with Crippen LogP contribution in [0.25, 0.3) is 23.3 Å². The Labute approximate surface area is 299 Å². The van der Waals surface area contributed by atoms with Gasteiger partial charge in [0.2, 0.25) is 0 Å². The van der Waals surface area contributed by atoms with E-state index in [1.54, 1.807) is 0 Å². The minimum absolute atomic E-state index is 0.0108. The zero-order valence-electron chi connectivity index (χ0n) is 30.5. The van der Waals surface area contributed by atoms with Crippen molar-refractivity contribution in [2.45, 2.75) is 99.4 Å². The van der Waals surface area contributed by atoms with Gasteiger partial charge in [-0.1, -0.05) is 0 Å². The van der Waals surface area contributed by atoms with Crippen molar-refractivity contribution in [3.05, 3.63) is 141 Å². The molecule has 2 aliphatic carbocycles. The molecule has 0 bridgehead atoms. The van der Waals surface area contributed by atoms with Gasteiger partial charge in [-0.05, 0) is 0 Å². The van der Waals surface area contributed by atoms with Gasteiger partial charge in [-0.3, -0.25) is 0 Å². The first-order valence-corrected chi connectivity index (χ1v) is 34.4. The molecule has 0 fully saturated rings. The molecule has 0 spiro atoms. The summed E-state index contributed by atoms with van der Waals surface area (Å²) in [4.78, 5) is 0. The second-order valence-electron chi connectivity index (χ2n) is 16.0. The van der Waals surface area contributed by atoms with E-state index in [0.717, 1.165) is 0 Å². The van der Waals surface area contributed by atoms with E-state index >= 15 is 0 Å². The summed E-state index contributed by atoms with van der Waals surface area (Å²) in [7, 11) is 17.9. The van der Waals surface area contributed by atoms with Crippen molar-refractivity contribution in [2.75, 3.05) is 0 Å². The van der Waals surface area contributed by atoms with E-state index in [0.29, 0.717) is 23.7 Å². The molecule has 4 heteroatoms. The number of hydrogen-bond donors (Lipinski definition) is 0. The fourth-order valence-corrected chi connectivity index (χ4v) is 38.5. The zero-order valence-corrected chi connectivity index (χ0v) is 35.7. The topological polar surface area (TPSA) is 0 Å². The van der Waals surface area contributed by atoms with Crippen molar-refractivity contribution in [1.82, 2.24) is 0 Å². The molecule has 251 valence electrons. The second kappa shape index (κ2) is 13.3. The van der Waals surface area contributed by atoms with Crippen molar-refractivity contribution in [2.24, 2.45) is 0 Å². The predicted octanol–water partition coefficient (Wildman–Crippen LogP) is 14.1. The van der Waals surface area contributed by atoms with Crippen LogP contribution in [-0.2, 0) is 15.6 Å². The fraction of sp³-hybridized carbons (Fsp3) is 0.364. The Bertz CT molecular complexity index is 1760. The van der Waals surface area contributed by atoms with Crippen LogP contribution in [0, 0.1) is 0 Å². The van der Waals surface area contributed by atoms with E-state index in [1.807, 2.05) is 0 Å². The number of hydrogen-bond acceptors (Lipinski definition) is 0. The molecular weight excluding hydrogens is 719 g/mol. The molecule has 4 aromatic rings. The van der Waals surface area contributed by atoms with E-state index in [9.17, 15) is 0 Å². The molecule has 6 rings (SSSR count). The van der Waals surface area contributed by atoms with E-state index in [-0.39, 0.29) is 7.25 Å². The van der Waals surface area contributed by atoms with Crippen molar-refractivity contribution >= 4 is 46.2 Å². The standard InChI is InChI=1S/2C21H23.C2H7Si.2ClH.Zr/c2*1-14(2)17-10-19-11-18(16-8-6-5-7-9-16)13-21(19)20(12-17)15(3)4;1-3-2;;;/h2*5-15H,1-4H3;3H,1-2H3;2*1H;/q;;;;;+2/p-2. The first-order chi connectivity index (χ1) is 22.6. The van der Waals surface area contributed by atoms with Crippen LogP contribution in [0.15, 0.2) is 84.9 Å². The number of allylic oxidation sites excluding steroid dienone is 2. The molecule has 4 aromatic carbocycles. The summed E-state index contributed by atoms with van der Waals surface area (Å²) in [6, 6.07) is 31.9. The van der Waals surface area contributed by atoms with Crippen molar-refractivity contribution < 1.29 is 15.6 Å². The number of fused-ring (bicyclic) bond motifs is 2. The SMILES string of the molecule is CC(C)c1cc(C(C)C)c2c(c1)[CH]([Zr]([Cl])([Cl])([CH]1C(c3ccccc3)=Cc3c(C(C)C)cc(C(C)C)cc31)[SiH](C)C)C(c1ccccc1)=C2. The van der Waals surface area contributed by atoms with Crippen LogP contribution in [-0.4, -0.2) is 5.92 Å². The summed E-state index contributed by atoms with van der Waals surface area (Å²) in [5.41, 5.74) is 16.2. The van der Waals surface area contributed by atoms with Crippen LogP contribution in [0.1, 0.15) is 142 Å². The third kappa shape index (κ3) is 5.86. The summed E-state index contributed by atoms with van der Waals surface area (Å²) in [6.07, 6.45) is 4.99. The molecule has 0 aliphatic heterocycles. The maximum atomic E-state index is 8.97. The average Bonchev–Trinajstić information content (AvgIpc) is 3.65. The monoisotopic (exact) mass is 769 g/mol. The number of benzene rings is 4. The van der Waals surface area contributed by atoms with Gasteiger partial charge in [0.15, 0.2) is 0 Å². The summed E-state index contributed by atoms with van der Waals surface area (Å²) in [5, 5.41) is 0. The first-order valence-electron chi connectivity index (χ1n) is 18.1. The van der Waals surface area contributed by atoms with Gasteiger partial charge in [-0.15, -0.1) is 0 Å². The van der Waals surface area contributed by atoms with Gasteiger partial charge in [-0.2, -0.15) is 0 Å². The van der Waals surface area contributed by atoms with Gasteiger partial charge in [0.1, 0.15) is 0 Å². The third-order valence-electron chi connectivity index (χ3n) is 11.4. The van der Waals surface area contributed by atoms with Crippen molar-refractivity contribution in [3.63, 3.8) is 0 Å². The number of rotatable bonds is 9. The van der Waals surface area contributed by atoms with Gasteiger partial charge in [-0.25, -0.2) is 0 Å². The van der Waals surface area contributed by atoms with Crippen molar-refractivity contribution in [1.29, 1.82) is 0 Å². The van der Waals surface area contributed by atoms with Crippen LogP contribution < -0.4 is 0 Å². The van der Waals surface area contributed by atoms with Crippen LogP contribution >= 0.6 is 17.0 Å². The summed E-state index contributed by atoms with van der Waals surface area (Å²) >= 11 is -5.11. The summed E-state index contributed by atoms with van der Waals surface area (Å²) in [5.74, 6) is -0.169. The fourth-order valence-electron chi connectivity index (χ4n) is 8.47. The quantitative estimate of drug-likeness (QED) is 0.149. The predicted molar refractivity (Wildman–Crippen MR) is 214 cm³/mol. The normalized spacial score (nSPS) is 18.4. The molecule has 0 heterocycles. The van der Waals surface area contributed by atoms with Crippen LogP contribution in [0.4, 0.5) is 0 Å². The van der Waals surface area contributed by atoms with E-state index in [1.165, 1.54) is 66.8 Å². The molecule has 0 saturated heterocycles. The molecule has 0 saturated carbocycles. The van der Waals surface area contributed by atoms with Gasteiger partial charge < -0.3 is 0 Å². The van der Waals surface area contributed by atoms with E-state index < -0.39 is 21.5 Å². The summed E-state index contributed by atoms with van der Waals surface area (Å²) < 4.78 is -0.0217. The van der Waals surface area contributed by atoms with Crippen LogP contribution in [0.2, 0.25) is 13.1 Å². The first kappa shape index (κ1) is 35.9. The van der Waals surface area contributed by atoms with Crippen molar-refractivity contribution in [3.8, 4) is 0 Å². The Morgan fingerprint density at radius 2 is 0.875 bits per heavy atom. The molecule has 0 amide bonds. The third-order valence-corrected chi connectivity index (χ3v) is 62.9. The Morgan fingerprint density at radius 1 is 0.521 bits per heavy atom. The zero-order chi connectivity index (χ0) is 34.7. The van der Waals surface area contributed by atoms with Crippen LogP contribution in [0.3, 0.4) is 0 Å². The molecular formula is C44H53Cl2SiZr. The molecule has 0 aromatic heterocycles.